The highest BCUT2D eigenvalue weighted by atomic mass is 16.5. The zero-order valence-corrected chi connectivity index (χ0v) is 31.3. The molecule has 8 rings (SSSR count). The van der Waals surface area contributed by atoms with Gasteiger partial charge in [-0.1, -0.05) is 91.0 Å². The first-order chi connectivity index (χ1) is 26.1. The number of para-hydroxylation sites is 1. The molecule has 2 aliphatic heterocycles. The predicted octanol–water partition coefficient (Wildman–Crippen LogP) is 7.67. The molecule has 0 bridgehead atoms. The maximum atomic E-state index is 13.0. The Bertz CT molecular complexity index is 2200. The fourth-order valence-corrected chi connectivity index (χ4v) is 6.91. The van der Waals surface area contributed by atoms with Gasteiger partial charge in [-0.05, 0) is 80.8 Å². The number of hydrogen-bond acceptors (Lipinski definition) is 6. The Morgan fingerprint density at radius 3 is 1.91 bits per heavy atom. The molecule has 2 amide bonds. The van der Waals surface area contributed by atoms with Crippen molar-refractivity contribution in [1.29, 1.82) is 0 Å². The van der Waals surface area contributed by atoms with Crippen LogP contribution in [-0.4, -0.2) is 53.8 Å². The lowest BCUT2D eigenvalue weighted by atomic mass is 10.0. The zero-order valence-electron chi connectivity index (χ0n) is 31.3. The van der Waals surface area contributed by atoms with Crippen molar-refractivity contribution in [1.82, 2.24) is 29.4 Å². The maximum Gasteiger partial charge on any atom is 0.272 e. The number of carbonyl (C=O) groups is 2. The first kappa shape index (κ1) is 36.2. The number of nitrogens with zero attached hydrogens (tertiary/aromatic N) is 6. The second kappa shape index (κ2) is 15.8. The van der Waals surface area contributed by atoms with Gasteiger partial charge in [0.25, 0.3) is 11.8 Å². The van der Waals surface area contributed by atoms with Crippen molar-refractivity contribution in [3.05, 3.63) is 167 Å². The number of rotatable bonds is 10. The summed E-state index contributed by atoms with van der Waals surface area (Å²) in [6.07, 6.45) is 0. The van der Waals surface area contributed by atoms with E-state index >= 15 is 0 Å². The van der Waals surface area contributed by atoms with Gasteiger partial charge in [0, 0.05) is 25.7 Å². The largest absolute Gasteiger partial charge is 0.487 e. The second-order valence-corrected chi connectivity index (χ2v) is 14.6. The number of benzene rings is 4. The molecular weight excluding hydrogens is 677 g/mol. The average Bonchev–Trinajstić information content (AvgIpc) is 3.81. The van der Waals surface area contributed by atoms with E-state index in [0.29, 0.717) is 50.8 Å². The molecule has 0 aliphatic carbocycles. The van der Waals surface area contributed by atoms with E-state index in [2.05, 4.69) is 31.0 Å². The van der Waals surface area contributed by atoms with E-state index in [0.717, 1.165) is 39.6 Å². The molecule has 0 radical (unpaired) electrons. The van der Waals surface area contributed by atoms with Crippen LogP contribution in [0.5, 0.6) is 11.5 Å². The Kier molecular flexibility index (Phi) is 10.6. The molecule has 6 aromatic rings. The van der Waals surface area contributed by atoms with E-state index in [-0.39, 0.29) is 23.4 Å². The van der Waals surface area contributed by atoms with Gasteiger partial charge < -0.3 is 19.3 Å². The lowest BCUT2D eigenvalue weighted by molar-refractivity contribution is 0.0554. The molecule has 0 saturated carbocycles. The molecule has 2 aliphatic rings. The van der Waals surface area contributed by atoms with Crippen molar-refractivity contribution in [3.8, 4) is 11.5 Å². The van der Waals surface area contributed by atoms with E-state index in [1.807, 2.05) is 153 Å². The van der Waals surface area contributed by atoms with Crippen molar-refractivity contribution in [3.63, 3.8) is 0 Å². The lowest BCUT2D eigenvalue weighted by Gasteiger charge is -2.38. The maximum absolute atomic E-state index is 13.0. The van der Waals surface area contributed by atoms with Crippen molar-refractivity contribution >= 4 is 11.8 Å². The van der Waals surface area contributed by atoms with E-state index in [1.165, 1.54) is 0 Å². The standard InChI is InChI=1S/2C22H23N3O2/c1-22(2)16-24(14-17-9-5-3-6-10-17)21(26)20-13-18(23-25(20)22)15-27-19-11-7-4-8-12-19;1-16-7-6-10-20(11-16)27-15-19-12-21-22(26)24(17(2)13-25(21)23-19)14-18-8-4-3-5-9-18/h3-13H,14-16H2,1-2H3;3-12,17H,13-15H2,1-2H3/t;17-/m.1/s1. The smallest absolute Gasteiger partial charge is 0.272 e. The Hall–Kier alpha value is -6.16. The van der Waals surface area contributed by atoms with Crippen molar-refractivity contribution in [2.24, 2.45) is 0 Å². The Morgan fingerprint density at radius 1 is 0.667 bits per heavy atom. The summed E-state index contributed by atoms with van der Waals surface area (Å²) in [6.45, 7) is 11.5. The molecule has 276 valence electrons. The number of hydrogen-bond donors (Lipinski definition) is 0. The number of aryl methyl sites for hydroxylation is 1. The molecule has 2 aromatic heterocycles. The van der Waals surface area contributed by atoms with Gasteiger partial charge in [-0.2, -0.15) is 10.2 Å². The second-order valence-electron chi connectivity index (χ2n) is 14.6. The van der Waals surface area contributed by atoms with Crippen LogP contribution in [0.1, 0.15) is 69.8 Å². The third-order valence-corrected chi connectivity index (χ3v) is 9.62. The molecule has 0 spiro atoms. The van der Waals surface area contributed by atoms with E-state index in [4.69, 9.17) is 9.47 Å². The average molecular weight is 723 g/mol. The summed E-state index contributed by atoms with van der Waals surface area (Å²) in [4.78, 5) is 29.8. The summed E-state index contributed by atoms with van der Waals surface area (Å²) in [6, 6.07) is 41.5. The zero-order chi connectivity index (χ0) is 37.7. The fraction of sp³-hybridized carbons (Fsp3) is 0.273. The highest BCUT2D eigenvalue weighted by molar-refractivity contribution is 5.94. The van der Waals surface area contributed by atoms with Crippen LogP contribution in [0.2, 0.25) is 0 Å². The molecule has 10 heteroatoms. The number of ether oxygens (including phenoxy) is 2. The Morgan fingerprint density at radius 2 is 1.24 bits per heavy atom. The molecule has 54 heavy (non-hydrogen) atoms. The summed E-state index contributed by atoms with van der Waals surface area (Å²) in [5.41, 5.74) is 5.92. The molecule has 0 saturated heterocycles. The fourth-order valence-electron chi connectivity index (χ4n) is 6.91. The first-order valence-electron chi connectivity index (χ1n) is 18.3. The summed E-state index contributed by atoms with van der Waals surface area (Å²) >= 11 is 0. The van der Waals surface area contributed by atoms with Gasteiger partial charge in [-0.15, -0.1) is 0 Å². The molecule has 0 unspecified atom stereocenters. The minimum atomic E-state index is -0.275. The number of aromatic nitrogens is 4. The molecule has 1 atom stereocenters. The highest BCUT2D eigenvalue weighted by Crippen LogP contribution is 2.28. The van der Waals surface area contributed by atoms with Crippen molar-refractivity contribution < 1.29 is 19.1 Å². The molecule has 0 fully saturated rings. The minimum absolute atomic E-state index is 0.0108. The number of amides is 2. The highest BCUT2D eigenvalue weighted by Gasteiger charge is 2.38. The van der Waals surface area contributed by atoms with Crippen LogP contribution in [0.4, 0.5) is 0 Å². The van der Waals surface area contributed by atoms with Crippen LogP contribution in [-0.2, 0) is 38.4 Å². The van der Waals surface area contributed by atoms with Gasteiger partial charge in [-0.25, -0.2) is 0 Å². The lowest BCUT2D eigenvalue weighted by Crippen LogP contribution is -2.50. The molecule has 4 aromatic carbocycles. The topological polar surface area (TPSA) is 94.7 Å². The first-order valence-corrected chi connectivity index (χ1v) is 18.3. The number of carbonyl (C=O) groups excluding carboxylic acids is 2. The van der Waals surface area contributed by atoms with Crippen LogP contribution in [0.3, 0.4) is 0 Å². The van der Waals surface area contributed by atoms with Crippen LogP contribution < -0.4 is 9.47 Å². The van der Waals surface area contributed by atoms with Crippen LogP contribution in [0.25, 0.3) is 0 Å². The Labute approximate surface area is 316 Å². The van der Waals surface area contributed by atoms with Crippen LogP contribution >= 0.6 is 0 Å². The Balaban J connectivity index is 0.000000167. The monoisotopic (exact) mass is 722 g/mol. The summed E-state index contributed by atoms with van der Waals surface area (Å²) in [7, 11) is 0. The third kappa shape index (κ3) is 8.39. The quantitative estimate of drug-likeness (QED) is 0.144. The van der Waals surface area contributed by atoms with Crippen LogP contribution in [0.15, 0.2) is 127 Å². The van der Waals surface area contributed by atoms with Gasteiger partial charge in [0.15, 0.2) is 0 Å². The van der Waals surface area contributed by atoms with Gasteiger partial charge in [0.1, 0.15) is 47.5 Å². The van der Waals surface area contributed by atoms with E-state index in [1.54, 1.807) is 0 Å². The summed E-state index contributed by atoms with van der Waals surface area (Å²) in [5.74, 6) is 1.63. The summed E-state index contributed by atoms with van der Waals surface area (Å²) < 4.78 is 15.3. The molecule has 10 nitrogen and oxygen atoms in total. The van der Waals surface area contributed by atoms with Crippen LogP contribution in [0, 0.1) is 6.92 Å². The SMILES string of the molecule is CC1(C)CN(Cc2ccccc2)C(=O)c2cc(COc3ccccc3)nn21.Cc1cccc(OCc2cc3n(n2)C[C@@H](C)N(Cc2ccccc2)C3=O)c1. The van der Waals surface area contributed by atoms with Crippen molar-refractivity contribution in [2.75, 3.05) is 6.54 Å². The molecule has 4 heterocycles. The third-order valence-electron chi connectivity index (χ3n) is 9.62. The summed E-state index contributed by atoms with van der Waals surface area (Å²) in [5, 5.41) is 9.23. The number of fused-ring (bicyclic) bond motifs is 2. The van der Waals surface area contributed by atoms with Gasteiger partial charge in [0.2, 0.25) is 0 Å². The normalized spacial score (nSPS) is 15.9. The van der Waals surface area contributed by atoms with E-state index in [9.17, 15) is 9.59 Å². The van der Waals surface area contributed by atoms with Gasteiger partial charge in [-0.3, -0.25) is 19.0 Å². The molecule has 0 N–H and O–H groups in total. The van der Waals surface area contributed by atoms with E-state index < -0.39 is 0 Å². The molecular formula is C44H46N6O4. The van der Waals surface area contributed by atoms with Gasteiger partial charge in [0.05, 0.1) is 12.1 Å². The van der Waals surface area contributed by atoms with Crippen molar-refractivity contribution in [2.45, 2.75) is 72.1 Å². The van der Waals surface area contributed by atoms with Gasteiger partial charge >= 0.3 is 0 Å². The predicted molar refractivity (Wildman–Crippen MR) is 207 cm³/mol. The minimum Gasteiger partial charge on any atom is -0.487 e.